The molecule has 0 bridgehead atoms. The van der Waals surface area contributed by atoms with E-state index >= 15 is 0 Å². The van der Waals surface area contributed by atoms with E-state index in [1.54, 1.807) is 45.0 Å². The second-order valence-corrected chi connectivity index (χ2v) is 14.7. The van der Waals surface area contributed by atoms with E-state index in [1.807, 2.05) is 44.2 Å². The van der Waals surface area contributed by atoms with Gasteiger partial charge < -0.3 is 35.8 Å². The molecule has 3 unspecified atom stereocenters. The van der Waals surface area contributed by atoms with Gasteiger partial charge in [0.2, 0.25) is 11.8 Å². The van der Waals surface area contributed by atoms with Crippen molar-refractivity contribution in [2.75, 3.05) is 13.2 Å². The lowest BCUT2D eigenvalue weighted by molar-refractivity contribution is -0.142. The van der Waals surface area contributed by atoms with Crippen LogP contribution in [0.2, 0.25) is 0 Å². The van der Waals surface area contributed by atoms with Crippen molar-refractivity contribution in [1.29, 1.82) is 0 Å². The number of carbonyl (C=O) groups excluding carboxylic acids is 4. The molecule has 4 amide bonds. The Balaban J connectivity index is 1.35. The Morgan fingerprint density at radius 1 is 0.717 bits per heavy atom. The first-order valence-corrected chi connectivity index (χ1v) is 18.2. The highest BCUT2D eigenvalue weighted by Crippen LogP contribution is 2.44. The van der Waals surface area contributed by atoms with Crippen LogP contribution >= 0.6 is 0 Å². The summed E-state index contributed by atoms with van der Waals surface area (Å²) in [5.74, 6) is -2.53. The predicted octanol–water partition coefficient (Wildman–Crippen LogP) is 5.93. The van der Waals surface area contributed by atoms with Crippen molar-refractivity contribution in [3.05, 3.63) is 95.6 Å². The minimum atomic E-state index is -1.17. The van der Waals surface area contributed by atoms with Crippen LogP contribution < -0.4 is 21.3 Å². The van der Waals surface area contributed by atoms with E-state index in [1.165, 1.54) is 0 Å². The topological polar surface area (TPSA) is 172 Å². The van der Waals surface area contributed by atoms with Crippen LogP contribution in [0.4, 0.5) is 9.59 Å². The molecule has 3 aromatic rings. The zero-order valence-electron chi connectivity index (χ0n) is 31.1. The van der Waals surface area contributed by atoms with Crippen molar-refractivity contribution in [2.24, 2.45) is 5.92 Å². The summed E-state index contributed by atoms with van der Waals surface area (Å²) in [6.07, 6.45) is -0.00496. The third kappa shape index (κ3) is 12.4. The standard InChI is InChI=1S/C41H52N4O8/c1-26(2)23-35(38(48)49)44-37(47)34(24-27-15-7-6-8-16-27)43-36(46)33(45-40(51)53-41(3,4)5)21-13-14-22-42-39(50)52-25-32-30-19-11-9-17-28(30)29-18-10-12-20-31(29)32/h6-12,15-20,26,32-35H,13-14,21-25H2,1-5H3,(H,42,50)(H,43,46)(H,44,47)(H,45,51)(H,48,49). The summed E-state index contributed by atoms with van der Waals surface area (Å²) in [7, 11) is 0. The van der Waals surface area contributed by atoms with Crippen molar-refractivity contribution < 1.29 is 38.6 Å². The number of ether oxygens (including phenoxy) is 2. The Labute approximate surface area is 311 Å². The molecule has 3 aromatic carbocycles. The van der Waals surface area contributed by atoms with E-state index in [4.69, 9.17) is 9.47 Å². The Kier molecular flexibility index (Phi) is 14.4. The number of fused-ring (bicyclic) bond motifs is 3. The Hall–Kier alpha value is -5.39. The molecule has 1 aliphatic carbocycles. The highest BCUT2D eigenvalue weighted by molar-refractivity contribution is 5.93. The second-order valence-electron chi connectivity index (χ2n) is 14.7. The number of nitrogens with one attached hydrogen (secondary N) is 4. The quantitative estimate of drug-likeness (QED) is 0.106. The van der Waals surface area contributed by atoms with E-state index in [2.05, 4.69) is 45.5 Å². The highest BCUT2D eigenvalue weighted by atomic mass is 16.6. The lowest BCUT2D eigenvalue weighted by atomic mass is 9.98. The lowest BCUT2D eigenvalue weighted by Crippen LogP contribution is -2.56. The van der Waals surface area contributed by atoms with Crippen LogP contribution in [0.1, 0.15) is 82.9 Å². The molecule has 0 fully saturated rings. The van der Waals surface area contributed by atoms with Crippen LogP contribution in [0.25, 0.3) is 11.1 Å². The number of rotatable bonds is 17. The summed E-state index contributed by atoms with van der Waals surface area (Å²) in [6.45, 7) is 9.26. The first-order valence-electron chi connectivity index (χ1n) is 18.2. The Bertz CT molecular complexity index is 1680. The number of carboxylic acids is 1. The number of alkyl carbamates (subject to hydrolysis) is 2. The normalized spacial score (nSPS) is 13.8. The number of carboxylic acid groups (broad SMARTS) is 1. The van der Waals surface area contributed by atoms with Gasteiger partial charge >= 0.3 is 18.2 Å². The molecule has 12 heteroatoms. The van der Waals surface area contributed by atoms with Crippen molar-refractivity contribution in [1.82, 2.24) is 21.3 Å². The number of benzene rings is 3. The van der Waals surface area contributed by atoms with Crippen LogP contribution in [-0.4, -0.2) is 72.0 Å². The fourth-order valence-corrected chi connectivity index (χ4v) is 6.33. The van der Waals surface area contributed by atoms with Crippen molar-refractivity contribution in [3.8, 4) is 11.1 Å². The largest absolute Gasteiger partial charge is 0.480 e. The summed E-state index contributed by atoms with van der Waals surface area (Å²) in [5, 5.41) is 20.4. The molecule has 3 atom stereocenters. The maximum absolute atomic E-state index is 13.7. The average molecular weight is 729 g/mol. The van der Waals surface area contributed by atoms with E-state index in [0.717, 1.165) is 27.8 Å². The summed E-state index contributed by atoms with van der Waals surface area (Å²) >= 11 is 0. The Morgan fingerprint density at radius 2 is 1.28 bits per heavy atom. The fraction of sp³-hybridized carbons (Fsp3) is 0.439. The maximum Gasteiger partial charge on any atom is 0.408 e. The zero-order valence-corrected chi connectivity index (χ0v) is 31.1. The van der Waals surface area contributed by atoms with Gasteiger partial charge in [0.25, 0.3) is 0 Å². The molecule has 0 spiro atoms. The number of carbonyl (C=O) groups is 5. The monoisotopic (exact) mass is 728 g/mol. The number of hydrogen-bond donors (Lipinski definition) is 5. The van der Waals surface area contributed by atoms with Gasteiger partial charge in [-0.25, -0.2) is 14.4 Å². The minimum Gasteiger partial charge on any atom is -0.480 e. The summed E-state index contributed by atoms with van der Waals surface area (Å²) in [4.78, 5) is 64.6. The SMILES string of the molecule is CC(C)CC(NC(=O)C(Cc1ccccc1)NC(=O)C(CCCCNC(=O)OCC1c2ccccc2-c2ccccc21)NC(=O)OC(C)(C)C)C(=O)O. The molecule has 4 rings (SSSR count). The zero-order chi connectivity index (χ0) is 38.5. The average Bonchev–Trinajstić information content (AvgIpc) is 3.42. The van der Waals surface area contributed by atoms with Crippen LogP contribution in [0.15, 0.2) is 78.9 Å². The summed E-state index contributed by atoms with van der Waals surface area (Å²) < 4.78 is 11.0. The second kappa shape index (κ2) is 18.9. The van der Waals surface area contributed by atoms with Crippen LogP contribution in [0.5, 0.6) is 0 Å². The first kappa shape index (κ1) is 40.4. The number of amides is 4. The van der Waals surface area contributed by atoms with Gasteiger partial charge in [0.05, 0.1) is 0 Å². The fourth-order valence-electron chi connectivity index (χ4n) is 6.33. The van der Waals surface area contributed by atoms with Crippen molar-refractivity contribution >= 4 is 30.0 Å². The molecule has 0 aromatic heterocycles. The number of hydrogen-bond acceptors (Lipinski definition) is 7. The molecule has 284 valence electrons. The van der Waals surface area contributed by atoms with Crippen LogP contribution in [-0.2, 0) is 30.3 Å². The van der Waals surface area contributed by atoms with E-state index in [9.17, 15) is 29.1 Å². The van der Waals surface area contributed by atoms with Gasteiger partial charge in [-0.3, -0.25) is 9.59 Å². The minimum absolute atomic E-state index is 0.000357. The third-order valence-corrected chi connectivity index (χ3v) is 8.78. The van der Waals surface area contributed by atoms with Crippen LogP contribution in [0.3, 0.4) is 0 Å². The molecule has 0 radical (unpaired) electrons. The number of unbranched alkanes of at least 4 members (excludes halogenated alkanes) is 1. The lowest BCUT2D eigenvalue weighted by Gasteiger charge is -2.26. The molecule has 12 nitrogen and oxygen atoms in total. The van der Waals surface area contributed by atoms with E-state index < -0.39 is 53.7 Å². The van der Waals surface area contributed by atoms with Gasteiger partial charge in [-0.2, -0.15) is 0 Å². The highest BCUT2D eigenvalue weighted by Gasteiger charge is 2.32. The molecule has 1 aliphatic rings. The van der Waals surface area contributed by atoms with E-state index in [0.29, 0.717) is 12.8 Å². The van der Waals surface area contributed by atoms with Gasteiger partial charge in [-0.15, -0.1) is 0 Å². The molecule has 5 N–H and O–H groups in total. The van der Waals surface area contributed by atoms with Gasteiger partial charge in [0.1, 0.15) is 30.3 Å². The maximum atomic E-state index is 13.7. The molecule has 0 heterocycles. The van der Waals surface area contributed by atoms with Gasteiger partial charge in [-0.1, -0.05) is 92.7 Å². The smallest absolute Gasteiger partial charge is 0.408 e. The first-order chi connectivity index (χ1) is 25.2. The third-order valence-electron chi connectivity index (χ3n) is 8.78. The molecular weight excluding hydrogens is 676 g/mol. The number of aliphatic carboxylic acids is 1. The predicted molar refractivity (Wildman–Crippen MR) is 201 cm³/mol. The van der Waals surface area contributed by atoms with Crippen LogP contribution in [0, 0.1) is 5.92 Å². The molecule has 0 saturated carbocycles. The van der Waals surface area contributed by atoms with Gasteiger partial charge in [0, 0.05) is 18.9 Å². The summed E-state index contributed by atoms with van der Waals surface area (Å²) in [5.41, 5.74) is 4.43. The molecule has 53 heavy (non-hydrogen) atoms. The molecule has 0 aliphatic heterocycles. The van der Waals surface area contributed by atoms with Gasteiger partial charge in [0.15, 0.2) is 0 Å². The molecular formula is C41H52N4O8. The van der Waals surface area contributed by atoms with Crippen molar-refractivity contribution in [2.45, 2.75) is 96.4 Å². The van der Waals surface area contributed by atoms with Gasteiger partial charge in [-0.05, 0) is 80.2 Å². The summed E-state index contributed by atoms with van der Waals surface area (Å²) in [6, 6.07) is 21.8. The Morgan fingerprint density at radius 3 is 1.87 bits per heavy atom. The van der Waals surface area contributed by atoms with E-state index in [-0.39, 0.29) is 44.2 Å². The van der Waals surface area contributed by atoms with Crippen molar-refractivity contribution in [3.63, 3.8) is 0 Å². The molecule has 0 saturated heterocycles.